The summed E-state index contributed by atoms with van der Waals surface area (Å²) in [6.07, 6.45) is 3.18. The summed E-state index contributed by atoms with van der Waals surface area (Å²) in [4.78, 5) is 12.4. The lowest BCUT2D eigenvalue weighted by Crippen LogP contribution is -2.60. The average Bonchev–Trinajstić information content (AvgIpc) is 3.15. The Labute approximate surface area is 159 Å². The van der Waals surface area contributed by atoms with Gasteiger partial charge in [-0.15, -0.1) is 0 Å². The van der Waals surface area contributed by atoms with E-state index in [4.69, 9.17) is 4.74 Å². The normalized spacial score (nSPS) is 59.1. The number of fused-ring (bicyclic) bond motifs is 6. The van der Waals surface area contributed by atoms with Crippen molar-refractivity contribution in [1.29, 1.82) is 0 Å². The van der Waals surface area contributed by atoms with Gasteiger partial charge in [0.2, 0.25) is 0 Å². The van der Waals surface area contributed by atoms with Crippen LogP contribution in [-0.4, -0.2) is 57.4 Å². The Hall–Kier alpha value is -0.530. The molecule has 11 atom stereocenters. The second kappa shape index (κ2) is 5.99. The average molecular weight is 380 g/mol. The van der Waals surface area contributed by atoms with Crippen molar-refractivity contribution in [1.82, 2.24) is 0 Å². The molecule has 2 bridgehead atoms. The number of aliphatic hydroxyl groups is 4. The Balaban J connectivity index is 1.53. The second-order valence-electron chi connectivity index (χ2n) is 10.2. The van der Waals surface area contributed by atoms with Gasteiger partial charge in [-0.1, -0.05) is 6.92 Å². The minimum absolute atomic E-state index is 0.108. The summed E-state index contributed by atoms with van der Waals surface area (Å²) in [6, 6.07) is 0. The maximum Gasteiger partial charge on any atom is 0.162 e. The topological polar surface area (TPSA) is 107 Å². The third-order valence-corrected chi connectivity index (χ3v) is 9.51. The van der Waals surface area contributed by atoms with Gasteiger partial charge in [-0.05, 0) is 74.0 Å². The second-order valence-corrected chi connectivity index (χ2v) is 10.2. The molecule has 1 heterocycles. The van der Waals surface area contributed by atoms with Gasteiger partial charge in [-0.25, -0.2) is 0 Å². The predicted molar refractivity (Wildman–Crippen MR) is 95.3 cm³/mol. The van der Waals surface area contributed by atoms with Crippen molar-refractivity contribution in [3.63, 3.8) is 0 Å². The van der Waals surface area contributed by atoms with Crippen molar-refractivity contribution in [2.24, 2.45) is 40.4 Å². The number of aliphatic hydroxyl groups excluding tert-OH is 4. The lowest BCUT2D eigenvalue weighted by Gasteiger charge is -2.60. The van der Waals surface area contributed by atoms with Crippen molar-refractivity contribution >= 4 is 5.78 Å². The van der Waals surface area contributed by atoms with Crippen LogP contribution in [0.5, 0.6) is 0 Å². The molecule has 152 valence electrons. The highest BCUT2D eigenvalue weighted by Gasteiger charge is 2.72. The Kier molecular flexibility index (Phi) is 4.10. The summed E-state index contributed by atoms with van der Waals surface area (Å²) in [5.41, 5.74) is -0.650. The van der Waals surface area contributed by atoms with Crippen molar-refractivity contribution in [3.8, 4) is 0 Å². The number of Topliss-reactive ketones (excluding diaryl/α,β-unsaturated/α-hetero) is 1. The number of carbonyl (C=O) groups excluding carboxylic acids is 1. The van der Waals surface area contributed by atoms with Gasteiger partial charge in [0, 0.05) is 11.3 Å². The zero-order valence-electron chi connectivity index (χ0n) is 16.0. The van der Waals surface area contributed by atoms with E-state index >= 15 is 0 Å². The maximum absolute atomic E-state index is 12.4. The molecule has 6 nitrogen and oxygen atoms in total. The molecule has 27 heavy (non-hydrogen) atoms. The molecule has 4 aliphatic carbocycles. The third kappa shape index (κ3) is 2.22. The molecule has 5 aliphatic rings. The molecule has 4 saturated carbocycles. The monoisotopic (exact) mass is 380 g/mol. The van der Waals surface area contributed by atoms with Crippen LogP contribution < -0.4 is 0 Å². The summed E-state index contributed by atoms with van der Waals surface area (Å²) in [7, 11) is 0. The van der Waals surface area contributed by atoms with E-state index < -0.39 is 30.5 Å². The van der Waals surface area contributed by atoms with Crippen LogP contribution in [0.2, 0.25) is 0 Å². The number of hydrogen-bond donors (Lipinski definition) is 4. The molecule has 1 aliphatic heterocycles. The van der Waals surface area contributed by atoms with E-state index in [1.807, 2.05) is 0 Å². The molecule has 3 unspecified atom stereocenters. The van der Waals surface area contributed by atoms with Gasteiger partial charge in [0.1, 0.15) is 6.61 Å². The number of carbonyl (C=O) groups is 1. The van der Waals surface area contributed by atoms with E-state index in [0.29, 0.717) is 31.1 Å². The molecule has 1 saturated heterocycles. The van der Waals surface area contributed by atoms with Gasteiger partial charge in [0.25, 0.3) is 0 Å². The molecule has 5 fully saturated rings. The van der Waals surface area contributed by atoms with Crippen molar-refractivity contribution in [2.45, 2.75) is 76.5 Å². The van der Waals surface area contributed by atoms with Crippen LogP contribution in [0.15, 0.2) is 0 Å². The number of rotatable bonds is 2. The standard InChI is InChI=1S/C21H32O6/c1-20-7-15(24)14(23)6-10(20)2-3-11-12-4-5-13(16(25)9-22)21(12)8-17(18(11)20)27-19(21)26/h10-15,17-19,22-24,26H,2-9H2,1H3/t10-,11-,12-,13-,14-,15+,17+,18?,19?,20-,21?/m0/s1. The van der Waals surface area contributed by atoms with Crippen LogP contribution in [0.3, 0.4) is 0 Å². The highest BCUT2D eigenvalue weighted by atomic mass is 16.6. The number of ether oxygens (including phenoxy) is 1. The van der Waals surface area contributed by atoms with Gasteiger partial charge >= 0.3 is 0 Å². The van der Waals surface area contributed by atoms with Crippen LogP contribution in [0, 0.1) is 40.4 Å². The van der Waals surface area contributed by atoms with Crippen molar-refractivity contribution in [2.75, 3.05) is 6.61 Å². The molecule has 1 spiro atoms. The molecule has 5 rings (SSSR count). The van der Waals surface area contributed by atoms with Crippen LogP contribution in [0.1, 0.15) is 51.9 Å². The Morgan fingerprint density at radius 1 is 1.07 bits per heavy atom. The van der Waals surface area contributed by atoms with Crippen LogP contribution >= 0.6 is 0 Å². The molecule has 4 N–H and O–H groups in total. The molecule has 0 aromatic rings. The lowest BCUT2D eigenvalue weighted by atomic mass is 9.44. The summed E-state index contributed by atoms with van der Waals surface area (Å²) in [5.74, 6) is 0.756. The fraction of sp³-hybridized carbons (Fsp3) is 0.952. The van der Waals surface area contributed by atoms with E-state index in [-0.39, 0.29) is 35.1 Å². The zero-order chi connectivity index (χ0) is 19.1. The van der Waals surface area contributed by atoms with Crippen molar-refractivity contribution in [3.05, 3.63) is 0 Å². The first-order chi connectivity index (χ1) is 12.8. The van der Waals surface area contributed by atoms with Gasteiger partial charge in [-0.3, -0.25) is 4.79 Å². The summed E-state index contributed by atoms with van der Waals surface area (Å²) in [6.45, 7) is 1.78. The van der Waals surface area contributed by atoms with Crippen molar-refractivity contribution < 1.29 is 30.0 Å². The number of ketones is 1. The fourth-order valence-corrected chi connectivity index (χ4v) is 8.52. The molecule has 0 aromatic heterocycles. The zero-order valence-corrected chi connectivity index (χ0v) is 16.0. The Morgan fingerprint density at radius 2 is 1.85 bits per heavy atom. The van der Waals surface area contributed by atoms with E-state index in [0.717, 1.165) is 25.7 Å². The maximum atomic E-state index is 12.4. The van der Waals surface area contributed by atoms with Gasteiger partial charge in [0.15, 0.2) is 12.1 Å². The molecule has 0 amide bonds. The lowest BCUT2D eigenvalue weighted by molar-refractivity contribution is -0.176. The molecular formula is C21H32O6. The quantitative estimate of drug-likeness (QED) is 0.566. The minimum Gasteiger partial charge on any atom is -0.390 e. The third-order valence-electron chi connectivity index (χ3n) is 9.51. The van der Waals surface area contributed by atoms with Gasteiger partial charge in [-0.2, -0.15) is 0 Å². The van der Waals surface area contributed by atoms with Crippen LogP contribution in [-0.2, 0) is 9.53 Å². The van der Waals surface area contributed by atoms with E-state index in [2.05, 4.69) is 6.92 Å². The minimum atomic E-state index is -0.942. The first-order valence-corrected chi connectivity index (χ1v) is 10.7. The Morgan fingerprint density at radius 3 is 2.59 bits per heavy atom. The molecule has 6 heteroatoms. The van der Waals surface area contributed by atoms with Gasteiger partial charge < -0.3 is 25.2 Å². The SMILES string of the molecule is C[C@]12C[C@@H](O)[C@@H](O)C[C@@H]1CC[C@@H]1C2[C@H]2CC3(C(O)O2)[C@H](C(=O)CO)CC[C@@H]13. The van der Waals surface area contributed by atoms with E-state index in [1.54, 1.807) is 0 Å². The van der Waals surface area contributed by atoms with Crippen LogP contribution in [0.4, 0.5) is 0 Å². The Bertz CT molecular complexity index is 638. The van der Waals surface area contributed by atoms with E-state index in [1.165, 1.54) is 0 Å². The fourth-order valence-electron chi connectivity index (χ4n) is 8.52. The van der Waals surface area contributed by atoms with Crippen LogP contribution in [0.25, 0.3) is 0 Å². The highest BCUT2D eigenvalue weighted by Crippen LogP contribution is 2.71. The first-order valence-electron chi connectivity index (χ1n) is 10.7. The smallest absolute Gasteiger partial charge is 0.162 e. The van der Waals surface area contributed by atoms with Gasteiger partial charge in [0.05, 0.1) is 18.3 Å². The molecular weight excluding hydrogens is 348 g/mol. The summed E-state index contributed by atoms with van der Waals surface area (Å²) >= 11 is 0. The first kappa shape index (κ1) is 18.5. The largest absolute Gasteiger partial charge is 0.390 e. The van der Waals surface area contributed by atoms with E-state index in [9.17, 15) is 25.2 Å². The number of hydrogen-bond acceptors (Lipinski definition) is 6. The molecule has 0 aromatic carbocycles. The predicted octanol–water partition coefficient (Wildman–Crippen LogP) is 0.846. The summed E-state index contributed by atoms with van der Waals surface area (Å²) in [5, 5.41) is 41.0. The highest BCUT2D eigenvalue weighted by molar-refractivity contribution is 5.83. The summed E-state index contributed by atoms with van der Waals surface area (Å²) < 4.78 is 6.14. The molecule has 0 radical (unpaired) electrons.